The summed E-state index contributed by atoms with van der Waals surface area (Å²) in [6, 6.07) is 26.2. The predicted octanol–water partition coefficient (Wildman–Crippen LogP) is 5.41. The molecule has 36 heavy (non-hydrogen) atoms. The number of para-hydroxylation sites is 1. The highest BCUT2D eigenvalue weighted by molar-refractivity contribution is 7.90. The molecule has 0 radical (unpaired) electrons. The standard InChI is InChI=1S/C29H29NO5S/c1-21-12-14-25(15-13-21)36(31,32)30-24(18-23-10-6-7-11-26(23)30)19-34-28-17-16-27(35-29(28)20-33-2)22-8-4-3-5-9-22/h3-18,27-29H,19-20H2,1-2H3/t27-,28-,29+/m0/s1. The van der Waals surface area contributed by atoms with Crippen molar-refractivity contribution in [2.75, 3.05) is 13.7 Å². The van der Waals surface area contributed by atoms with Crippen LogP contribution in [-0.4, -0.2) is 38.3 Å². The molecule has 0 saturated heterocycles. The average Bonchev–Trinajstić information content (AvgIpc) is 3.28. The van der Waals surface area contributed by atoms with Crippen molar-refractivity contribution in [3.63, 3.8) is 0 Å². The second-order valence-corrected chi connectivity index (χ2v) is 10.7. The number of methoxy groups -OCH3 is 1. The second kappa shape index (κ2) is 10.4. The van der Waals surface area contributed by atoms with E-state index in [1.54, 1.807) is 31.4 Å². The smallest absolute Gasteiger partial charge is 0.268 e. The Kier molecular flexibility index (Phi) is 7.07. The van der Waals surface area contributed by atoms with Crippen molar-refractivity contribution in [3.8, 4) is 0 Å². The van der Waals surface area contributed by atoms with Gasteiger partial charge in [-0.2, -0.15) is 0 Å². The zero-order valence-corrected chi connectivity index (χ0v) is 21.1. The molecule has 5 rings (SSSR count). The third kappa shape index (κ3) is 4.88. The Morgan fingerprint density at radius 1 is 0.917 bits per heavy atom. The van der Waals surface area contributed by atoms with Gasteiger partial charge in [-0.25, -0.2) is 12.4 Å². The Labute approximate surface area is 211 Å². The quantitative estimate of drug-likeness (QED) is 0.301. The minimum atomic E-state index is -3.83. The molecule has 1 aliphatic rings. The lowest BCUT2D eigenvalue weighted by Gasteiger charge is -2.32. The molecule has 6 nitrogen and oxygen atoms in total. The summed E-state index contributed by atoms with van der Waals surface area (Å²) in [6.07, 6.45) is 3.03. The maximum absolute atomic E-state index is 13.7. The molecule has 0 amide bonds. The van der Waals surface area contributed by atoms with Gasteiger partial charge in [-0.3, -0.25) is 0 Å². The monoisotopic (exact) mass is 503 g/mol. The fourth-order valence-electron chi connectivity index (χ4n) is 4.51. The molecule has 0 spiro atoms. The first kappa shape index (κ1) is 24.5. The molecular formula is C29H29NO5S. The van der Waals surface area contributed by atoms with Crippen LogP contribution in [0.15, 0.2) is 102 Å². The number of aromatic nitrogens is 1. The normalized spacial score (nSPS) is 20.1. The molecule has 7 heteroatoms. The first-order chi connectivity index (χ1) is 17.5. The molecule has 0 saturated carbocycles. The van der Waals surface area contributed by atoms with Crippen molar-refractivity contribution >= 4 is 20.9 Å². The summed E-state index contributed by atoms with van der Waals surface area (Å²) in [4.78, 5) is 0.236. The fraction of sp³-hybridized carbons (Fsp3) is 0.241. The fourth-order valence-corrected chi connectivity index (χ4v) is 6.04. The molecule has 0 aliphatic carbocycles. The summed E-state index contributed by atoms with van der Waals surface area (Å²) in [5.74, 6) is 0. The van der Waals surface area contributed by atoms with E-state index in [1.165, 1.54) is 3.97 Å². The van der Waals surface area contributed by atoms with E-state index in [-0.39, 0.29) is 23.7 Å². The molecular weight excluding hydrogens is 474 g/mol. The van der Waals surface area contributed by atoms with Gasteiger partial charge in [0.25, 0.3) is 10.0 Å². The van der Waals surface area contributed by atoms with E-state index in [1.807, 2.05) is 79.7 Å². The average molecular weight is 504 g/mol. The highest BCUT2D eigenvalue weighted by atomic mass is 32.2. The summed E-state index contributed by atoms with van der Waals surface area (Å²) in [5.41, 5.74) is 3.21. The lowest BCUT2D eigenvalue weighted by atomic mass is 10.0. The number of benzene rings is 3. The number of hydrogen-bond acceptors (Lipinski definition) is 5. The molecule has 4 aromatic rings. The van der Waals surface area contributed by atoms with Crippen LogP contribution in [0.25, 0.3) is 10.9 Å². The Bertz CT molecular complexity index is 1460. The first-order valence-corrected chi connectivity index (χ1v) is 13.3. The van der Waals surface area contributed by atoms with Gasteiger partial charge in [0.05, 0.1) is 29.3 Å². The van der Waals surface area contributed by atoms with E-state index in [4.69, 9.17) is 14.2 Å². The number of aryl methyl sites for hydroxylation is 1. The van der Waals surface area contributed by atoms with Crippen LogP contribution in [0.1, 0.15) is 22.9 Å². The summed E-state index contributed by atoms with van der Waals surface area (Å²) in [6.45, 7) is 2.37. The van der Waals surface area contributed by atoms with Gasteiger partial charge < -0.3 is 14.2 Å². The molecule has 3 atom stereocenters. The van der Waals surface area contributed by atoms with Gasteiger partial charge in [-0.1, -0.05) is 78.4 Å². The van der Waals surface area contributed by atoms with Crippen LogP contribution in [0.4, 0.5) is 0 Å². The molecule has 186 valence electrons. The van der Waals surface area contributed by atoms with Crippen LogP contribution in [0.2, 0.25) is 0 Å². The molecule has 1 aromatic heterocycles. The largest absolute Gasteiger partial charge is 0.382 e. The molecule has 1 aliphatic heterocycles. The molecule has 0 unspecified atom stereocenters. The van der Waals surface area contributed by atoms with Crippen molar-refractivity contribution in [1.82, 2.24) is 3.97 Å². The number of nitrogens with zero attached hydrogens (tertiary/aromatic N) is 1. The van der Waals surface area contributed by atoms with E-state index < -0.39 is 16.1 Å². The number of hydrogen-bond donors (Lipinski definition) is 0. The van der Waals surface area contributed by atoms with Crippen molar-refractivity contribution < 1.29 is 22.6 Å². The Balaban J connectivity index is 1.45. The maximum atomic E-state index is 13.7. The number of fused-ring (bicyclic) bond motifs is 1. The van der Waals surface area contributed by atoms with Crippen LogP contribution in [0.3, 0.4) is 0 Å². The predicted molar refractivity (Wildman–Crippen MR) is 139 cm³/mol. The van der Waals surface area contributed by atoms with Gasteiger partial charge in [0.15, 0.2) is 0 Å². The van der Waals surface area contributed by atoms with Crippen molar-refractivity contribution in [3.05, 3.63) is 114 Å². The van der Waals surface area contributed by atoms with Crippen LogP contribution < -0.4 is 0 Å². The SMILES string of the molecule is COC[C@H]1O[C@H](c2ccccc2)C=C[C@@H]1OCc1cc2ccccc2n1S(=O)(=O)c1ccc(C)cc1. The summed E-state index contributed by atoms with van der Waals surface area (Å²) < 4.78 is 46.8. The van der Waals surface area contributed by atoms with Crippen molar-refractivity contribution in [2.24, 2.45) is 0 Å². The second-order valence-electron chi connectivity index (χ2n) is 8.90. The highest BCUT2D eigenvalue weighted by Crippen LogP contribution is 2.30. The van der Waals surface area contributed by atoms with Crippen LogP contribution in [0, 0.1) is 6.92 Å². The van der Waals surface area contributed by atoms with E-state index >= 15 is 0 Å². The van der Waals surface area contributed by atoms with Gasteiger partial charge in [0, 0.05) is 12.5 Å². The topological polar surface area (TPSA) is 66.8 Å². The van der Waals surface area contributed by atoms with E-state index in [2.05, 4.69) is 0 Å². The van der Waals surface area contributed by atoms with E-state index in [0.29, 0.717) is 17.8 Å². The van der Waals surface area contributed by atoms with Crippen LogP contribution in [-0.2, 0) is 30.8 Å². The zero-order valence-electron chi connectivity index (χ0n) is 20.3. The van der Waals surface area contributed by atoms with Crippen molar-refractivity contribution in [2.45, 2.75) is 36.7 Å². The van der Waals surface area contributed by atoms with E-state index in [0.717, 1.165) is 16.5 Å². The summed E-state index contributed by atoms with van der Waals surface area (Å²) in [5, 5.41) is 0.833. The lowest BCUT2D eigenvalue weighted by Crippen LogP contribution is -2.37. The van der Waals surface area contributed by atoms with Crippen LogP contribution in [0.5, 0.6) is 0 Å². The minimum absolute atomic E-state index is 0.0916. The molecule has 3 aromatic carbocycles. The van der Waals surface area contributed by atoms with Gasteiger partial charge in [-0.15, -0.1) is 0 Å². The highest BCUT2D eigenvalue weighted by Gasteiger charge is 2.30. The third-order valence-corrected chi connectivity index (χ3v) is 8.12. The van der Waals surface area contributed by atoms with Gasteiger partial charge in [0.2, 0.25) is 0 Å². The van der Waals surface area contributed by atoms with Gasteiger partial charge in [-0.05, 0) is 36.8 Å². The third-order valence-electron chi connectivity index (χ3n) is 6.34. The Morgan fingerprint density at radius 2 is 1.64 bits per heavy atom. The van der Waals surface area contributed by atoms with Crippen LogP contribution >= 0.6 is 0 Å². The Hall–Kier alpha value is -3.23. The molecule has 0 N–H and O–H groups in total. The maximum Gasteiger partial charge on any atom is 0.268 e. The lowest BCUT2D eigenvalue weighted by molar-refractivity contribution is -0.113. The van der Waals surface area contributed by atoms with Gasteiger partial charge >= 0.3 is 0 Å². The molecule has 2 heterocycles. The van der Waals surface area contributed by atoms with E-state index in [9.17, 15) is 8.42 Å². The Morgan fingerprint density at radius 3 is 2.39 bits per heavy atom. The number of rotatable bonds is 8. The minimum Gasteiger partial charge on any atom is -0.382 e. The zero-order chi connectivity index (χ0) is 25.1. The van der Waals surface area contributed by atoms with Gasteiger partial charge in [0.1, 0.15) is 18.3 Å². The molecule has 0 bridgehead atoms. The summed E-state index contributed by atoms with van der Waals surface area (Å²) >= 11 is 0. The number of ether oxygens (including phenoxy) is 3. The molecule has 0 fully saturated rings. The summed E-state index contributed by atoms with van der Waals surface area (Å²) in [7, 11) is -2.20. The van der Waals surface area contributed by atoms with Crippen molar-refractivity contribution in [1.29, 1.82) is 0 Å². The first-order valence-electron chi connectivity index (χ1n) is 11.9.